The van der Waals surface area contributed by atoms with Crippen molar-refractivity contribution in [1.29, 1.82) is 0 Å². The van der Waals surface area contributed by atoms with Gasteiger partial charge in [-0.25, -0.2) is 9.18 Å². The fourth-order valence-electron chi connectivity index (χ4n) is 1.31. The number of methoxy groups -OCH3 is 1. The van der Waals surface area contributed by atoms with Gasteiger partial charge < -0.3 is 14.9 Å². The average Bonchev–Trinajstić information content (AvgIpc) is 2.27. The van der Waals surface area contributed by atoms with Crippen molar-refractivity contribution in [2.45, 2.75) is 19.2 Å². The topological polar surface area (TPSA) is 66.8 Å². The van der Waals surface area contributed by atoms with Crippen LogP contribution in [0.3, 0.4) is 0 Å². The number of phenolic OH excluding ortho intramolecular Hbond substituents is 1. The van der Waals surface area contributed by atoms with E-state index in [0.29, 0.717) is 0 Å². The molecule has 0 fully saturated rings. The molecule has 0 aliphatic rings. The Morgan fingerprint density at radius 2 is 2.12 bits per heavy atom. The van der Waals surface area contributed by atoms with Crippen LogP contribution in [-0.4, -0.2) is 23.3 Å². The Bertz CT molecular complexity index is 390. The highest BCUT2D eigenvalue weighted by Gasteiger charge is 2.20. The molecule has 5 heteroatoms. The van der Waals surface area contributed by atoms with Gasteiger partial charge in [0.25, 0.3) is 0 Å². The lowest BCUT2D eigenvalue weighted by Gasteiger charge is -2.12. The number of carbonyl (C=O) groups is 1. The zero-order valence-corrected chi connectivity index (χ0v) is 8.98. The fraction of sp³-hybridized carbons (Fsp3) is 0.364. The van der Waals surface area contributed by atoms with Gasteiger partial charge in [-0.15, -0.1) is 0 Å². The SMILES string of the molecule is COC(=O)C(O)c1ccc(O)c(C(C)F)c1. The van der Waals surface area contributed by atoms with E-state index in [1.54, 1.807) is 0 Å². The molecule has 16 heavy (non-hydrogen) atoms. The number of ether oxygens (including phenoxy) is 1. The standard InChI is InChI=1S/C11H13FO4/c1-6(12)8-5-7(3-4-9(8)13)10(14)11(15)16-2/h3-6,10,13-14H,1-2H3. The van der Waals surface area contributed by atoms with Crippen molar-refractivity contribution >= 4 is 5.97 Å². The molecule has 0 spiro atoms. The quantitative estimate of drug-likeness (QED) is 0.771. The summed E-state index contributed by atoms with van der Waals surface area (Å²) in [7, 11) is 1.14. The predicted molar refractivity (Wildman–Crippen MR) is 54.6 cm³/mol. The molecule has 1 aromatic rings. The van der Waals surface area contributed by atoms with E-state index >= 15 is 0 Å². The monoisotopic (exact) mass is 228 g/mol. The summed E-state index contributed by atoms with van der Waals surface area (Å²) in [6.07, 6.45) is -2.85. The molecule has 2 unspecified atom stereocenters. The van der Waals surface area contributed by atoms with Gasteiger partial charge in [0.2, 0.25) is 0 Å². The second-order valence-electron chi connectivity index (χ2n) is 3.36. The molecule has 0 aliphatic heterocycles. The zero-order valence-electron chi connectivity index (χ0n) is 8.98. The van der Waals surface area contributed by atoms with Crippen LogP contribution in [0.4, 0.5) is 4.39 Å². The number of benzene rings is 1. The number of phenols is 1. The van der Waals surface area contributed by atoms with E-state index in [1.807, 2.05) is 0 Å². The molecule has 2 N–H and O–H groups in total. The van der Waals surface area contributed by atoms with Crippen LogP contribution in [0.5, 0.6) is 5.75 Å². The van der Waals surface area contributed by atoms with Crippen molar-refractivity contribution in [3.05, 3.63) is 29.3 Å². The first-order valence-electron chi connectivity index (χ1n) is 4.70. The number of alkyl halides is 1. The van der Waals surface area contributed by atoms with Crippen LogP contribution in [0.15, 0.2) is 18.2 Å². The lowest BCUT2D eigenvalue weighted by atomic mass is 10.0. The molecule has 0 bridgehead atoms. The van der Waals surface area contributed by atoms with Gasteiger partial charge in [0.05, 0.1) is 7.11 Å². The Balaban J connectivity index is 3.07. The van der Waals surface area contributed by atoms with E-state index in [1.165, 1.54) is 25.1 Å². The lowest BCUT2D eigenvalue weighted by molar-refractivity contribution is -0.150. The van der Waals surface area contributed by atoms with Crippen molar-refractivity contribution in [3.63, 3.8) is 0 Å². The average molecular weight is 228 g/mol. The summed E-state index contributed by atoms with van der Waals surface area (Å²) in [5, 5.41) is 18.9. The molecular weight excluding hydrogens is 215 g/mol. The van der Waals surface area contributed by atoms with Gasteiger partial charge in [-0.05, 0) is 24.6 Å². The normalized spacial score (nSPS) is 14.2. The minimum absolute atomic E-state index is 0.0282. The Morgan fingerprint density at radius 1 is 1.50 bits per heavy atom. The Kier molecular flexibility index (Phi) is 3.84. The maximum atomic E-state index is 13.1. The molecule has 4 nitrogen and oxygen atoms in total. The molecular formula is C11H13FO4. The lowest BCUT2D eigenvalue weighted by Crippen LogP contribution is -2.13. The number of aliphatic hydroxyl groups is 1. The van der Waals surface area contributed by atoms with Gasteiger partial charge in [0, 0.05) is 5.56 Å². The van der Waals surface area contributed by atoms with Gasteiger partial charge in [0.1, 0.15) is 11.9 Å². The minimum atomic E-state index is -1.47. The van der Waals surface area contributed by atoms with Crippen molar-refractivity contribution in [3.8, 4) is 5.75 Å². The van der Waals surface area contributed by atoms with E-state index < -0.39 is 18.2 Å². The van der Waals surface area contributed by atoms with Gasteiger partial charge in [0.15, 0.2) is 6.10 Å². The first-order chi connectivity index (χ1) is 7.47. The summed E-state index contributed by atoms with van der Waals surface area (Å²) in [6, 6.07) is 3.80. The Hall–Kier alpha value is -1.62. The third kappa shape index (κ3) is 2.49. The Labute approximate surface area is 92.3 Å². The number of halogens is 1. The maximum Gasteiger partial charge on any atom is 0.339 e. The number of carbonyl (C=O) groups excluding carboxylic acids is 1. The van der Waals surface area contributed by atoms with E-state index in [-0.39, 0.29) is 16.9 Å². The number of hydrogen-bond acceptors (Lipinski definition) is 4. The maximum absolute atomic E-state index is 13.1. The molecule has 0 aliphatic carbocycles. The number of hydrogen-bond donors (Lipinski definition) is 2. The third-order valence-corrected chi connectivity index (χ3v) is 2.22. The number of aliphatic hydroxyl groups excluding tert-OH is 1. The summed E-state index contributed by atoms with van der Waals surface area (Å²) >= 11 is 0. The molecule has 1 aromatic carbocycles. The highest BCUT2D eigenvalue weighted by Crippen LogP contribution is 2.29. The summed E-state index contributed by atoms with van der Waals surface area (Å²) in [4.78, 5) is 11.0. The first kappa shape index (κ1) is 12.4. The van der Waals surface area contributed by atoms with Crippen LogP contribution in [0.1, 0.15) is 30.3 Å². The molecule has 88 valence electrons. The molecule has 0 heterocycles. The van der Waals surface area contributed by atoms with E-state index in [9.17, 15) is 19.4 Å². The van der Waals surface area contributed by atoms with Crippen LogP contribution in [0.2, 0.25) is 0 Å². The van der Waals surface area contributed by atoms with Crippen LogP contribution in [-0.2, 0) is 9.53 Å². The molecule has 1 rings (SSSR count). The van der Waals surface area contributed by atoms with Gasteiger partial charge >= 0.3 is 5.97 Å². The second kappa shape index (κ2) is 4.94. The van der Waals surface area contributed by atoms with Crippen molar-refractivity contribution in [2.75, 3.05) is 7.11 Å². The molecule has 0 saturated carbocycles. The first-order valence-corrected chi connectivity index (χ1v) is 4.70. The smallest absolute Gasteiger partial charge is 0.339 e. The van der Waals surface area contributed by atoms with E-state index in [4.69, 9.17) is 0 Å². The van der Waals surface area contributed by atoms with Gasteiger partial charge in [-0.3, -0.25) is 0 Å². The molecule has 0 radical (unpaired) electrons. The Morgan fingerprint density at radius 3 is 2.62 bits per heavy atom. The van der Waals surface area contributed by atoms with Crippen molar-refractivity contribution < 1.29 is 24.1 Å². The van der Waals surface area contributed by atoms with E-state index in [0.717, 1.165) is 7.11 Å². The minimum Gasteiger partial charge on any atom is -0.508 e. The predicted octanol–water partition coefficient (Wildman–Crippen LogP) is 1.63. The summed E-state index contributed by atoms with van der Waals surface area (Å²) < 4.78 is 17.4. The van der Waals surface area contributed by atoms with Crippen LogP contribution in [0.25, 0.3) is 0 Å². The van der Waals surface area contributed by atoms with Crippen LogP contribution < -0.4 is 0 Å². The molecule has 0 saturated heterocycles. The van der Waals surface area contributed by atoms with Gasteiger partial charge in [-0.2, -0.15) is 0 Å². The largest absolute Gasteiger partial charge is 0.508 e. The highest BCUT2D eigenvalue weighted by atomic mass is 19.1. The van der Waals surface area contributed by atoms with Crippen molar-refractivity contribution in [2.24, 2.45) is 0 Å². The molecule has 2 atom stereocenters. The fourth-order valence-corrected chi connectivity index (χ4v) is 1.31. The molecule has 0 amide bonds. The number of aromatic hydroxyl groups is 1. The summed E-state index contributed by atoms with van der Waals surface area (Å²) in [6.45, 7) is 1.25. The van der Waals surface area contributed by atoms with Gasteiger partial charge in [-0.1, -0.05) is 6.07 Å². The molecule has 0 aromatic heterocycles. The summed E-state index contributed by atoms with van der Waals surface area (Å²) in [5.74, 6) is -1.04. The van der Waals surface area contributed by atoms with Crippen LogP contribution in [0, 0.1) is 0 Å². The van der Waals surface area contributed by atoms with E-state index in [2.05, 4.69) is 4.74 Å². The zero-order chi connectivity index (χ0) is 12.3. The van der Waals surface area contributed by atoms with Crippen LogP contribution >= 0.6 is 0 Å². The van der Waals surface area contributed by atoms with Crippen molar-refractivity contribution in [1.82, 2.24) is 0 Å². The number of esters is 1. The number of rotatable bonds is 3. The third-order valence-electron chi connectivity index (χ3n) is 2.22. The summed E-state index contributed by atoms with van der Waals surface area (Å²) in [5.41, 5.74) is 0.213. The second-order valence-corrected chi connectivity index (χ2v) is 3.36. The highest BCUT2D eigenvalue weighted by molar-refractivity contribution is 5.76.